The number of hydrogen-bond acceptors (Lipinski definition) is 4. The van der Waals surface area contributed by atoms with Gasteiger partial charge in [-0.25, -0.2) is 8.42 Å². The maximum absolute atomic E-state index is 11.5. The van der Waals surface area contributed by atoms with Gasteiger partial charge in [-0.2, -0.15) is 9.40 Å². The zero-order valence-corrected chi connectivity index (χ0v) is 9.20. The van der Waals surface area contributed by atoms with Crippen LogP contribution in [0.25, 0.3) is 0 Å². The first-order valence-electron chi connectivity index (χ1n) is 4.63. The molecule has 1 N–H and O–H groups in total. The van der Waals surface area contributed by atoms with Gasteiger partial charge in [-0.3, -0.25) is 5.10 Å². The van der Waals surface area contributed by atoms with Gasteiger partial charge in [-0.1, -0.05) is 0 Å². The SMILES string of the molecule is CS(=O)(=O)N1CCOC[C@H]1c1ccn[nH]1. The highest BCUT2D eigenvalue weighted by molar-refractivity contribution is 7.88. The Balaban J connectivity index is 2.28. The van der Waals surface area contributed by atoms with E-state index in [0.717, 1.165) is 5.69 Å². The Morgan fingerprint density at radius 1 is 1.67 bits per heavy atom. The molecule has 0 amide bonds. The van der Waals surface area contributed by atoms with Crippen molar-refractivity contribution in [1.82, 2.24) is 14.5 Å². The number of H-pyrrole nitrogens is 1. The van der Waals surface area contributed by atoms with Gasteiger partial charge in [0.15, 0.2) is 0 Å². The van der Waals surface area contributed by atoms with Crippen LogP contribution in [-0.2, 0) is 14.8 Å². The van der Waals surface area contributed by atoms with Crippen molar-refractivity contribution in [3.8, 4) is 0 Å². The summed E-state index contributed by atoms with van der Waals surface area (Å²) in [6.45, 7) is 1.20. The summed E-state index contributed by atoms with van der Waals surface area (Å²) < 4.78 is 29.8. The fraction of sp³-hybridized carbons (Fsp3) is 0.625. The third-order valence-electron chi connectivity index (χ3n) is 2.39. The molecule has 84 valence electrons. The Hall–Kier alpha value is -0.920. The van der Waals surface area contributed by atoms with Crippen molar-refractivity contribution < 1.29 is 13.2 Å². The normalized spacial score (nSPS) is 24.2. The van der Waals surface area contributed by atoms with Crippen LogP contribution in [0.4, 0.5) is 0 Å². The fourth-order valence-electron chi connectivity index (χ4n) is 1.68. The summed E-state index contributed by atoms with van der Waals surface area (Å²) in [5, 5.41) is 6.58. The quantitative estimate of drug-likeness (QED) is 0.761. The molecule has 1 aromatic rings. The second kappa shape index (κ2) is 3.92. The molecule has 15 heavy (non-hydrogen) atoms. The molecule has 0 bridgehead atoms. The molecule has 1 saturated heterocycles. The molecule has 0 unspecified atom stereocenters. The lowest BCUT2D eigenvalue weighted by Crippen LogP contribution is -2.42. The number of ether oxygens (including phenoxy) is 1. The van der Waals surface area contributed by atoms with Crippen LogP contribution in [-0.4, -0.2) is 48.9 Å². The molecule has 7 heteroatoms. The summed E-state index contributed by atoms with van der Waals surface area (Å²) in [6, 6.07) is 1.48. The van der Waals surface area contributed by atoms with Gasteiger partial charge >= 0.3 is 0 Å². The highest BCUT2D eigenvalue weighted by Crippen LogP contribution is 2.24. The summed E-state index contributed by atoms with van der Waals surface area (Å²) in [6.07, 6.45) is 2.81. The minimum atomic E-state index is -3.20. The van der Waals surface area contributed by atoms with Gasteiger partial charge in [0.05, 0.1) is 31.2 Å². The maximum atomic E-state index is 11.5. The summed E-state index contributed by atoms with van der Waals surface area (Å²) in [5.41, 5.74) is 0.764. The van der Waals surface area contributed by atoms with E-state index < -0.39 is 10.0 Å². The molecular weight excluding hydrogens is 218 g/mol. The Labute approximate surface area is 88.3 Å². The van der Waals surface area contributed by atoms with Gasteiger partial charge in [0, 0.05) is 12.7 Å². The van der Waals surface area contributed by atoms with Crippen LogP contribution in [0, 0.1) is 0 Å². The Morgan fingerprint density at radius 2 is 2.47 bits per heavy atom. The second-order valence-corrected chi connectivity index (χ2v) is 5.41. The molecule has 0 aliphatic carbocycles. The number of rotatable bonds is 2. The van der Waals surface area contributed by atoms with E-state index in [4.69, 9.17) is 4.74 Å². The molecule has 0 radical (unpaired) electrons. The molecule has 6 nitrogen and oxygen atoms in total. The van der Waals surface area contributed by atoms with Crippen molar-refractivity contribution in [3.05, 3.63) is 18.0 Å². The molecule has 0 aromatic carbocycles. The third-order valence-corrected chi connectivity index (χ3v) is 3.68. The number of nitrogens with zero attached hydrogens (tertiary/aromatic N) is 2. The molecule has 0 saturated carbocycles. The zero-order chi connectivity index (χ0) is 10.9. The van der Waals surface area contributed by atoms with Gasteiger partial charge in [-0.05, 0) is 6.07 Å². The minimum absolute atomic E-state index is 0.281. The predicted molar refractivity (Wildman–Crippen MR) is 53.7 cm³/mol. The topological polar surface area (TPSA) is 75.3 Å². The standard InChI is InChI=1S/C8H13N3O3S/c1-15(12,13)11-4-5-14-6-8(11)7-2-3-9-10-7/h2-3,8H,4-6H2,1H3,(H,9,10)/t8-/m0/s1. The molecule has 2 rings (SSSR count). The highest BCUT2D eigenvalue weighted by Gasteiger charge is 2.31. The summed E-state index contributed by atoms with van der Waals surface area (Å²) >= 11 is 0. The number of aromatic nitrogens is 2. The van der Waals surface area contributed by atoms with Crippen molar-refractivity contribution in [2.75, 3.05) is 26.0 Å². The Morgan fingerprint density at radius 3 is 3.07 bits per heavy atom. The van der Waals surface area contributed by atoms with E-state index in [0.29, 0.717) is 19.8 Å². The predicted octanol–water partition coefficient (Wildman–Crippen LogP) is -0.257. The van der Waals surface area contributed by atoms with Crippen LogP contribution in [0.2, 0.25) is 0 Å². The van der Waals surface area contributed by atoms with Crippen LogP contribution >= 0.6 is 0 Å². The van der Waals surface area contributed by atoms with Crippen LogP contribution in [0.3, 0.4) is 0 Å². The van der Waals surface area contributed by atoms with E-state index >= 15 is 0 Å². The second-order valence-electron chi connectivity index (χ2n) is 3.48. The lowest BCUT2D eigenvalue weighted by Gasteiger charge is -2.32. The van der Waals surface area contributed by atoms with Crippen molar-refractivity contribution in [2.24, 2.45) is 0 Å². The van der Waals surface area contributed by atoms with Crippen LogP contribution in [0.15, 0.2) is 12.3 Å². The van der Waals surface area contributed by atoms with Gasteiger partial charge < -0.3 is 4.74 Å². The number of hydrogen-bond donors (Lipinski definition) is 1. The maximum Gasteiger partial charge on any atom is 0.211 e. The lowest BCUT2D eigenvalue weighted by atomic mass is 10.2. The summed E-state index contributed by atoms with van der Waals surface area (Å²) in [4.78, 5) is 0. The van der Waals surface area contributed by atoms with E-state index in [1.807, 2.05) is 0 Å². The van der Waals surface area contributed by atoms with Crippen molar-refractivity contribution in [3.63, 3.8) is 0 Å². The molecule has 1 aromatic heterocycles. The van der Waals surface area contributed by atoms with Gasteiger partial charge in [0.1, 0.15) is 0 Å². The van der Waals surface area contributed by atoms with E-state index in [1.54, 1.807) is 12.3 Å². The summed E-state index contributed by atoms with van der Waals surface area (Å²) in [5.74, 6) is 0. The zero-order valence-electron chi connectivity index (χ0n) is 8.38. The van der Waals surface area contributed by atoms with Gasteiger partial charge in [0.25, 0.3) is 0 Å². The molecular formula is C8H13N3O3S. The highest BCUT2D eigenvalue weighted by atomic mass is 32.2. The van der Waals surface area contributed by atoms with Crippen LogP contribution < -0.4 is 0 Å². The molecule has 1 fully saturated rings. The first-order valence-corrected chi connectivity index (χ1v) is 6.47. The van der Waals surface area contributed by atoms with E-state index in [9.17, 15) is 8.42 Å². The average molecular weight is 231 g/mol. The van der Waals surface area contributed by atoms with E-state index in [2.05, 4.69) is 10.2 Å². The van der Waals surface area contributed by atoms with Crippen molar-refractivity contribution >= 4 is 10.0 Å². The summed E-state index contributed by atoms with van der Waals surface area (Å²) in [7, 11) is -3.20. The van der Waals surface area contributed by atoms with Gasteiger partial charge in [0.2, 0.25) is 10.0 Å². The number of morpholine rings is 1. The average Bonchev–Trinajstić information content (AvgIpc) is 2.69. The monoisotopic (exact) mass is 231 g/mol. The fourth-order valence-corrected chi connectivity index (χ4v) is 2.73. The molecule has 1 aliphatic heterocycles. The molecule has 2 heterocycles. The van der Waals surface area contributed by atoms with Gasteiger partial charge in [-0.15, -0.1) is 0 Å². The first kappa shape index (κ1) is 10.6. The number of nitrogens with one attached hydrogen (secondary N) is 1. The number of sulfonamides is 1. The van der Waals surface area contributed by atoms with Crippen LogP contribution in [0.5, 0.6) is 0 Å². The Bertz CT molecular complexity index is 414. The van der Waals surface area contributed by atoms with Crippen LogP contribution in [0.1, 0.15) is 11.7 Å². The Kier molecular flexibility index (Phi) is 2.76. The molecule has 1 aliphatic rings. The van der Waals surface area contributed by atoms with Crippen molar-refractivity contribution in [2.45, 2.75) is 6.04 Å². The largest absolute Gasteiger partial charge is 0.378 e. The number of aromatic amines is 1. The van der Waals surface area contributed by atoms with E-state index in [-0.39, 0.29) is 6.04 Å². The first-order chi connectivity index (χ1) is 7.09. The smallest absolute Gasteiger partial charge is 0.211 e. The van der Waals surface area contributed by atoms with E-state index in [1.165, 1.54) is 10.6 Å². The minimum Gasteiger partial charge on any atom is -0.378 e. The molecule has 1 atom stereocenters. The van der Waals surface area contributed by atoms with Crippen molar-refractivity contribution in [1.29, 1.82) is 0 Å². The lowest BCUT2D eigenvalue weighted by molar-refractivity contribution is 0.0309. The molecule has 0 spiro atoms. The third kappa shape index (κ3) is 2.19.